The Hall–Kier alpha value is -0.610. The van der Waals surface area contributed by atoms with Crippen molar-refractivity contribution in [3.05, 3.63) is 0 Å². The molecule has 2 unspecified atom stereocenters. The first kappa shape index (κ1) is 16.3. The second kappa shape index (κ2) is 7.31. The zero-order chi connectivity index (χ0) is 15.5. The fourth-order valence-corrected chi connectivity index (χ4v) is 4.69. The minimum Gasteiger partial charge on any atom is -0.354 e. The summed E-state index contributed by atoms with van der Waals surface area (Å²) >= 11 is 0. The summed E-state index contributed by atoms with van der Waals surface area (Å²) in [5.41, 5.74) is 0. The van der Waals surface area contributed by atoms with Gasteiger partial charge >= 0.3 is 0 Å². The molecular weight excluding hydrogens is 274 g/mol. The predicted octanol–water partition coefficient (Wildman–Crippen LogP) is 1.95. The van der Waals surface area contributed by atoms with Crippen LogP contribution in [0.4, 0.5) is 0 Å². The molecule has 1 amide bonds. The zero-order valence-corrected chi connectivity index (χ0v) is 14.4. The van der Waals surface area contributed by atoms with Crippen molar-refractivity contribution in [1.29, 1.82) is 0 Å². The second-order valence-corrected chi connectivity index (χ2v) is 7.77. The molecule has 4 heteroatoms. The van der Waals surface area contributed by atoms with E-state index in [9.17, 15) is 4.79 Å². The van der Waals surface area contributed by atoms with E-state index >= 15 is 0 Å². The van der Waals surface area contributed by atoms with Gasteiger partial charge in [0.1, 0.15) is 0 Å². The number of hydrogen-bond acceptors (Lipinski definition) is 3. The van der Waals surface area contributed by atoms with E-state index in [2.05, 4.69) is 29.0 Å². The van der Waals surface area contributed by atoms with Crippen molar-refractivity contribution in [3.8, 4) is 0 Å². The zero-order valence-electron chi connectivity index (χ0n) is 14.4. The van der Waals surface area contributed by atoms with E-state index in [0.717, 1.165) is 25.4 Å². The number of carbonyl (C=O) groups excluding carboxylic acids is 1. The van der Waals surface area contributed by atoms with Crippen LogP contribution in [-0.4, -0.2) is 61.0 Å². The molecule has 2 bridgehead atoms. The van der Waals surface area contributed by atoms with Gasteiger partial charge < -0.3 is 5.32 Å². The van der Waals surface area contributed by atoms with Crippen molar-refractivity contribution < 1.29 is 4.79 Å². The van der Waals surface area contributed by atoms with Crippen LogP contribution in [-0.2, 0) is 4.79 Å². The van der Waals surface area contributed by atoms with Crippen molar-refractivity contribution in [1.82, 2.24) is 15.1 Å². The van der Waals surface area contributed by atoms with Crippen molar-refractivity contribution in [2.75, 3.05) is 39.3 Å². The Labute approximate surface area is 135 Å². The minimum atomic E-state index is 0.239. The smallest absolute Gasteiger partial charge is 0.223 e. The fraction of sp³-hybridized carbons (Fsp3) is 0.944. The first-order chi connectivity index (χ1) is 10.7. The van der Waals surface area contributed by atoms with E-state index < -0.39 is 0 Å². The average Bonchev–Trinajstić information content (AvgIpc) is 2.56. The lowest BCUT2D eigenvalue weighted by Crippen LogP contribution is -2.63. The fourth-order valence-electron chi connectivity index (χ4n) is 4.69. The predicted molar refractivity (Wildman–Crippen MR) is 89.7 cm³/mol. The van der Waals surface area contributed by atoms with Crippen LogP contribution in [0.15, 0.2) is 0 Å². The Morgan fingerprint density at radius 3 is 2.36 bits per heavy atom. The molecule has 0 radical (unpaired) electrons. The molecule has 1 aliphatic carbocycles. The normalized spacial score (nSPS) is 39.5. The van der Waals surface area contributed by atoms with Gasteiger partial charge in [-0.3, -0.25) is 14.6 Å². The van der Waals surface area contributed by atoms with Crippen molar-refractivity contribution >= 4 is 5.91 Å². The van der Waals surface area contributed by atoms with Crippen LogP contribution in [0.25, 0.3) is 0 Å². The Morgan fingerprint density at radius 2 is 1.82 bits per heavy atom. The summed E-state index contributed by atoms with van der Waals surface area (Å²) in [5.74, 6) is 2.04. The number of piperazine rings is 3. The van der Waals surface area contributed by atoms with Crippen LogP contribution in [0.5, 0.6) is 0 Å². The summed E-state index contributed by atoms with van der Waals surface area (Å²) in [5, 5.41) is 3.29. The van der Waals surface area contributed by atoms with Crippen LogP contribution < -0.4 is 5.32 Å². The first-order valence-electron chi connectivity index (χ1n) is 9.41. The molecule has 4 aliphatic rings. The van der Waals surface area contributed by atoms with Gasteiger partial charge in [-0.05, 0) is 31.1 Å². The van der Waals surface area contributed by atoms with Crippen LogP contribution in [0.3, 0.4) is 0 Å². The molecule has 1 saturated carbocycles. The molecule has 0 spiro atoms. The highest BCUT2D eigenvalue weighted by Crippen LogP contribution is 2.34. The largest absolute Gasteiger partial charge is 0.354 e. The van der Waals surface area contributed by atoms with Gasteiger partial charge in [0.25, 0.3) is 0 Å². The Bertz CT molecular complexity index is 371. The van der Waals surface area contributed by atoms with E-state index in [1.807, 2.05) is 0 Å². The molecule has 126 valence electrons. The lowest BCUT2D eigenvalue weighted by molar-refractivity contribution is -0.128. The van der Waals surface area contributed by atoms with Gasteiger partial charge in [-0.15, -0.1) is 0 Å². The molecule has 3 saturated heterocycles. The SMILES string of the molecule is CCC(C(=O)NCC1CN2CCN1CC2)C1CCC(C)CC1. The summed E-state index contributed by atoms with van der Waals surface area (Å²) < 4.78 is 0. The third-order valence-electron chi connectivity index (χ3n) is 6.31. The van der Waals surface area contributed by atoms with E-state index in [1.165, 1.54) is 51.9 Å². The first-order valence-corrected chi connectivity index (χ1v) is 9.41. The Balaban J connectivity index is 1.47. The number of carbonyl (C=O) groups is 1. The third-order valence-corrected chi connectivity index (χ3v) is 6.31. The monoisotopic (exact) mass is 307 g/mol. The van der Waals surface area contributed by atoms with E-state index in [0.29, 0.717) is 17.9 Å². The molecule has 4 fully saturated rings. The summed E-state index contributed by atoms with van der Waals surface area (Å²) in [6.07, 6.45) is 6.10. The summed E-state index contributed by atoms with van der Waals surface area (Å²) in [7, 11) is 0. The number of nitrogens with one attached hydrogen (secondary N) is 1. The number of hydrogen-bond donors (Lipinski definition) is 1. The quantitative estimate of drug-likeness (QED) is 0.843. The van der Waals surface area contributed by atoms with Gasteiger partial charge in [-0.25, -0.2) is 0 Å². The molecule has 0 aromatic heterocycles. The Kier molecular flexibility index (Phi) is 5.40. The van der Waals surface area contributed by atoms with Gasteiger partial charge in [0.15, 0.2) is 0 Å². The highest BCUT2D eigenvalue weighted by molar-refractivity contribution is 5.78. The van der Waals surface area contributed by atoms with E-state index in [-0.39, 0.29) is 5.92 Å². The lowest BCUT2D eigenvalue weighted by Gasteiger charge is -2.47. The molecule has 0 aromatic carbocycles. The number of amides is 1. The molecule has 2 atom stereocenters. The van der Waals surface area contributed by atoms with Gasteiger partial charge in [0.2, 0.25) is 5.91 Å². The third kappa shape index (κ3) is 3.65. The molecule has 4 nitrogen and oxygen atoms in total. The van der Waals surface area contributed by atoms with Gasteiger partial charge in [0, 0.05) is 51.2 Å². The molecule has 0 aromatic rings. The lowest BCUT2D eigenvalue weighted by atomic mass is 9.75. The van der Waals surface area contributed by atoms with Crippen LogP contribution in [0.1, 0.15) is 46.0 Å². The van der Waals surface area contributed by atoms with Crippen LogP contribution in [0.2, 0.25) is 0 Å². The summed E-state index contributed by atoms with van der Waals surface area (Å²) in [4.78, 5) is 17.8. The topological polar surface area (TPSA) is 35.6 Å². The van der Waals surface area contributed by atoms with Crippen molar-refractivity contribution in [2.24, 2.45) is 17.8 Å². The molecule has 3 aliphatic heterocycles. The number of fused-ring (bicyclic) bond motifs is 3. The highest BCUT2D eigenvalue weighted by Gasteiger charge is 2.33. The van der Waals surface area contributed by atoms with E-state index in [1.54, 1.807) is 0 Å². The number of nitrogens with zero attached hydrogens (tertiary/aromatic N) is 2. The molecule has 1 N–H and O–H groups in total. The molecule has 3 heterocycles. The second-order valence-electron chi connectivity index (χ2n) is 7.77. The maximum absolute atomic E-state index is 12.7. The Morgan fingerprint density at radius 1 is 1.14 bits per heavy atom. The minimum absolute atomic E-state index is 0.239. The van der Waals surface area contributed by atoms with Gasteiger partial charge in [-0.1, -0.05) is 26.7 Å². The van der Waals surface area contributed by atoms with Crippen LogP contribution >= 0.6 is 0 Å². The maximum Gasteiger partial charge on any atom is 0.223 e. The molecular formula is C18H33N3O. The van der Waals surface area contributed by atoms with Gasteiger partial charge in [0.05, 0.1) is 0 Å². The molecule has 22 heavy (non-hydrogen) atoms. The average molecular weight is 307 g/mol. The number of rotatable bonds is 5. The maximum atomic E-state index is 12.7. The highest BCUT2D eigenvalue weighted by atomic mass is 16.1. The summed E-state index contributed by atoms with van der Waals surface area (Å²) in [6, 6.07) is 0.537. The van der Waals surface area contributed by atoms with Crippen molar-refractivity contribution in [3.63, 3.8) is 0 Å². The van der Waals surface area contributed by atoms with Crippen molar-refractivity contribution in [2.45, 2.75) is 52.0 Å². The van der Waals surface area contributed by atoms with Crippen LogP contribution in [0, 0.1) is 17.8 Å². The van der Waals surface area contributed by atoms with E-state index in [4.69, 9.17) is 0 Å². The summed E-state index contributed by atoms with van der Waals surface area (Å²) in [6.45, 7) is 11.3. The standard InChI is InChI=1S/C18H33N3O/c1-3-17(15-6-4-14(2)5-7-15)18(22)19-12-16-13-20-8-10-21(16)11-9-20/h14-17H,3-13H2,1-2H3,(H,19,22). The molecule has 4 rings (SSSR count). The van der Waals surface area contributed by atoms with Gasteiger partial charge in [-0.2, -0.15) is 0 Å².